The van der Waals surface area contributed by atoms with Crippen molar-refractivity contribution in [3.8, 4) is 12.3 Å². The van der Waals surface area contributed by atoms with Crippen LogP contribution in [0, 0.1) is 18.3 Å². The first-order valence-corrected chi connectivity index (χ1v) is 7.69. The molecule has 2 bridgehead atoms. The van der Waals surface area contributed by atoms with Gasteiger partial charge in [-0.1, -0.05) is 5.92 Å². The summed E-state index contributed by atoms with van der Waals surface area (Å²) in [5.41, 5.74) is 2.11. The van der Waals surface area contributed by atoms with Crippen molar-refractivity contribution in [2.45, 2.75) is 18.9 Å². The summed E-state index contributed by atoms with van der Waals surface area (Å²) in [5.74, 6) is 3.22. The van der Waals surface area contributed by atoms with Crippen LogP contribution in [0.4, 0.5) is 0 Å². The Hall–Kier alpha value is -2.32. The van der Waals surface area contributed by atoms with Crippen LogP contribution in [0.1, 0.15) is 28.9 Å². The average molecular weight is 294 g/mol. The Morgan fingerprint density at radius 2 is 2.32 bits per heavy atom. The van der Waals surface area contributed by atoms with Gasteiger partial charge in [0.2, 0.25) is 0 Å². The van der Waals surface area contributed by atoms with Crippen LogP contribution in [-0.2, 0) is 0 Å². The van der Waals surface area contributed by atoms with E-state index in [-0.39, 0.29) is 11.9 Å². The quantitative estimate of drug-likeness (QED) is 0.845. The van der Waals surface area contributed by atoms with Gasteiger partial charge in [-0.15, -0.1) is 6.42 Å². The lowest BCUT2D eigenvalue weighted by atomic mass is 9.97. The molecule has 2 aromatic rings. The number of amides is 1. The van der Waals surface area contributed by atoms with E-state index in [9.17, 15) is 4.79 Å². The molecular formula is C17H18N4O. The normalized spacial score (nSPS) is 26.8. The first-order chi connectivity index (χ1) is 10.7. The van der Waals surface area contributed by atoms with Crippen LogP contribution in [0.2, 0.25) is 0 Å². The van der Waals surface area contributed by atoms with Crippen molar-refractivity contribution in [1.82, 2.24) is 19.6 Å². The molecule has 2 fully saturated rings. The maximum Gasteiger partial charge on any atom is 0.271 e. The van der Waals surface area contributed by atoms with Gasteiger partial charge in [-0.3, -0.25) is 4.79 Å². The zero-order chi connectivity index (χ0) is 15.1. The van der Waals surface area contributed by atoms with Crippen LogP contribution in [0.15, 0.2) is 24.7 Å². The lowest BCUT2D eigenvalue weighted by Crippen LogP contribution is -2.47. The number of fused-ring (bicyclic) bond motifs is 3. The smallest absolute Gasteiger partial charge is 0.271 e. The second-order valence-electron chi connectivity index (χ2n) is 6.30. The number of piperidine rings is 1. The molecule has 2 aromatic heterocycles. The third-order valence-corrected chi connectivity index (χ3v) is 4.68. The fraction of sp³-hybridized carbons (Fsp3) is 0.412. The standard InChI is InChI=1S/C17H18N4O/c1-2-12-6-15-7-18-16(11-21(15)9-12)17(22)19-14-5-13-3-4-20(8-13)10-14/h1,6-7,9,11,13-14H,3-5,8,10H2,(H,19,22)/t13-,14+/m0/s1. The first-order valence-electron chi connectivity index (χ1n) is 7.69. The molecule has 112 valence electrons. The van der Waals surface area contributed by atoms with Crippen LogP contribution in [-0.4, -0.2) is 45.9 Å². The summed E-state index contributed by atoms with van der Waals surface area (Å²) in [7, 11) is 0. The fourth-order valence-corrected chi connectivity index (χ4v) is 3.63. The Labute approximate surface area is 129 Å². The summed E-state index contributed by atoms with van der Waals surface area (Å²) in [6.45, 7) is 3.31. The lowest BCUT2D eigenvalue weighted by Gasteiger charge is -2.30. The molecule has 0 saturated carbocycles. The minimum atomic E-state index is -0.106. The molecule has 22 heavy (non-hydrogen) atoms. The molecule has 0 aliphatic carbocycles. The van der Waals surface area contributed by atoms with Crippen molar-refractivity contribution >= 4 is 11.4 Å². The molecule has 0 aromatic carbocycles. The van der Waals surface area contributed by atoms with Crippen LogP contribution >= 0.6 is 0 Å². The van der Waals surface area contributed by atoms with Gasteiger partial charge in [0, 0.05) is 37.1 Å². The molecule has 2 saturated heterocycles. The molecular weight excluding hydrogens is 276 g/mol. The topological polar surface area (TPSA) is 49.6 Å². The van der Waals surface area contributed by atoms with Crippen molar-refractivity contribution in [2.75, 3.05) is 19.6 Å². The van der Waals surface area contributed by atoms with Gasteiger partial charge < -0.3 is 14.6 Å². The molecule has 0 spiro atoms. The molecule has 1 N–H and O–H groups in total. The number of nitrogens with one attached hydrogen (secondary N) is 1. The van der Waals surface area contributed by atoms with Gasteiger partial charge in [-0.05, 0) is 31.4 Å². The number of terminal acetylenes is 1. The second-order valence-corrected chi connectivity index (χ2v) is 6.30. The van der Waals surface area contributed by atoms with Crippen molar-refractivity contribution < 1.29 is 4.79 Å². The first kappa shape index (κ1) is 13.4. The second kappa shape index (κ2) is 5.15. The molecule has 5 nitrogen and oxygen atoms in total. The Bertz CT molecular complexity index is 761. The van der Waals surface area contributed by atoms with E-state index in [4.69, 9.17) is 6.42 Å². The lowest BCUT2D eigenvalue weighted by molar-refractivity contribution is 0.0904. The monoisotopic (exact) mass is 294 g/mol. The molecule has 1 unspecified atom stereocenters. The van der Waals surface area contributed by atoms with E-state index in [0.717, 1.165) is 30.0 Å². The van der Waals surface area contributed by atoms with Gasteiger partial charge in [0.25, 0.3) is 5.91 Å². The summed E-state index contributed by atoms with van der Waals surface area (Å²) in [6.07, 6.45) is 13.0. The van der Waals surface area contributed by atoms with Gasteiger partial charge in [0.15, 0.2) is 0 Å². The highest BCUT2D eigenvalue weighted by Gasteiger charge is 2.33. The highest BCUT2D eigenvalue weighted by atomic mass is 16.2. The number of hydrogen-bond donors (Lipinski definition) is 1. The van der Waals surface area contributed by atoms with Crippen molar-refractivity contribution in [3.05, 3.63) is 35.9 Å². The third-order valence-electron chi connectivity index (χ3n) is 4.68. The fourth-order valence-electron chi connectivity index (χ4n) is 3.63. The van der Waals surface area contributed by atoms with Crippen LogP contribution < -0.4 is 5.32 Å². The zero-order valence-corrected chi connectivity index (χ0v) is 12.3. The molecule has 5 heteroatoms. The van der Waals surface area contributed by atoms with E-state index in [1.54, 1.807) is 12.4 Å². The predicted octanol–water partition coefficient (Wildman–Crippen LogP) is 1.14. The van der Waals surface area contributed by atoms with E-state index in [1.807, 2.05) is 16.7 Å². The number of aromatic nitrogens is 2. The third kappa shape index (κ3) is 2.36. The summed E-state index contributed by atoms with van der Waals surface area (Å²) < 4.78 is 1.85. The zero-order valence-electron chi connectivity index (χ0n) is 12.3. The van der Waals surface area contributed by atoms with E-state index >= 15 is 0 Å². The Morgan fingerprint density at radius 3 is 3.14 bits per heavy atom. The maximum absolute atomic E-state index is 12.4. The molecule has 4 rings (SSSR count). The average Bonchev–Trinajstić information content (AvgIpc) is 3.09. The van der Waals surface area contributed by atoms with Crippen molar-refractivity contribution in [1.29, 1.82) is 0 Å². The minimum Gasteiger partial charge on any atom is -0.347 e. The Morgan fingerprint density at radius 1 is 1.41 bits per heavy atom. The molecule has 0 radical (unpaired) electrons. The molecule has 2 aliphatic heterocycles. The number of nitrogens with zero attached hydrogens (tertiary/aromatic N) is 3. The Kier molecular flexibility index (Phi) is 3.12. The number of hydrogen-bond acceptors (Lipinski definition) is 3. The van der Waals surface area contributed by atoms with E-state index in [0.29, 0.717) is 5.69 Å². The summed E-state index contributed by atoms with van der Waals surface area (Å²) in [4.78, 5) is 19.1. The van der Waals surface area contributed by atoms with Crippen LogP contribution in [0.3, 0.4) is 0 Å². The molecule has 3 atom stereocenters. The van der Waals surface area contributed by atoms with Crippen LogP contribution in [0.5, 0.6) is 0 Å². The van der Waals surface area contributed by atoms with E-state index in [2.05, 4.69) is 21.1 Å². The molecule has 1 amide bonds. The van der Waals surface area contributed by atoms with E-state index in [1.165, 1.54) is 19.5 Å². The number of rotatable bonds is 2. The summed E-state index contributed by atoms with van der Waals surface area (Å²) in [5, 5.41) is 3.12. The van der Waals surface area contributed by atoms with Gasteiger partial charge in [-0.2, -0.15) is 0 Å². The van der Waals surface area contributed by atoms with Crippen molar-refractivity contribution in [2.24, 2.45) is 5.92 Å². The van der Waals surface area contributed by atoms with Gasteiger partial charge in [-0.25, -0.2) is 4.98 Å². The van der Waals surface area contributed by atoms with E-state index < -0.39 is 0 Å². The summed E-state index contributed by atoms with van der Waals surface area (Å²) in [6, 6.07) is 2.11. The number of carbonyl (C=O) groups is 1. The van der Waals surface area contributed by atoms with Gasteiger partial charge in [0.1, 0.15) is 5.69 Å². The van der Waals surface area contributed by atoms with Crippen molar-refractivity contribution in [3.63, 3.8) is 0 Å². The number of carbonyl (C=O) groups excluding carboxylic acids is 1. The van der Waals surface area contributed by atoms with Gasteiger partial charge >= 0.3 is 0 Å². The highest BCUT2D eigenvalue weighted by Crippen LogP contribution is 2.26. The SMILES string of the molecule is C#Cc1cc2cnc(C(=O)N[C@@H]3C[C@@H]4CCN(C4)C3)cn2c1. The molecule has 4 heterocycles. The molecule has 2 aliphatic rings. The predicted molar refractivity (Wildman–Crippen MR) is 83.5 cm³/mol. The Balaban J connectivity index is 1.51. The largest absolute Gasteiger partial charge is 0.347 e. The van der Waals surface area contributed by atoms with Gasteiger partial charge in [0.05, 0.1) is 11.7 Å². The highest BCUT2D eigenvalue weighted by molar-refractivity contribution is 5.92. The minimum absolute atomic E-state index is 0.106. The van der Waals surface area contributed by atoms with Crippen LogP contribution in [0.25, 0.3) is 5.52 Å². The maximum atomic E-state index is 12.4. The summed E-state index contributed by atoms with van der Waals surface area (Å²) >= 11 is 0.